The van der Waals surface area contributed by atoms with Crippen molar-refractivity contribution in [2.24, 2.45) is 0 Å². The fraction of sp³-hybridized carbons (Fsp3) is 0. The second kappa shape index (κ2) is 8.14. The van der Waals surface area contributed by atoms with Gasteiger partial charge in [-0.2, -0.15) is 0 Å². The Balaban J connectivity index is 1.64. The first-order chi connectivity index (χ1) is 17.7. The van der Waals surface area contributed by atoms with E-state index in [-0.39, 0.29) is 0 Å². The average molecular weight is 450 g/mol. The number of hydrogen-bond donors (Lipinski definition) is 0. The number of rotatable bonds is 2. The SMILES string of the molecule is [B]c1ccc2c(-c3ccc4ccccc4c3)c3cc([B])ccc3c(-c3ccc4ccccc4c3)c2c1. The summed E-state index contributed by atoms with van der Waals surface area (Å²) in [5, 5.41) is 9.51. The molecule has 162 valence electrons. The van der Waals surface area contributed by atoms with Crippen LogP contribution in [0.4, 0.5) is 0 Å². The standard InChI is InChI=1S/C34H20B2/c35-27-14-16-30-31(19-27)33(25-11-9-21-5-1-3-7-23(21)17-25)29-15-13-28(36)20-32(29)34(30)26-12-10-22-6-2-4-8-24(22)18-26/h1-20H. The predicted molar refractivity (Wildman–Crippen MR) is 158 cm³/mol. The molecule has 0 N–H and O–H groups in total. The van der Waals surface area contributed by atoms with Crippen molar-refractivity contribution < 1.29 is 0 Å². The molecular formula is C34H20B2. The summed E-state index contributed by atoms with van der Waals surface area (Å²) < 4.78 is 0. The van der Waals surface area contributed by atoms with Crippen molar-refractivity contribution in [2.45, 2.75) is 0 Å². The Kier molecular flexibility index (Phi) is 4.75. The summed E-state index contributed by atoms with van der Waals surface area (Å²) in [7, 11) is 12.7. The van der Waals surface area contributed by atoms with Gasteiger partial charge in [0, 0.05) is 0 Å². The smallest absolute Gasteiger partial charge is 0.0960 e. The molecule has 0 aliphatic rings. The van der Waals surface area contributed by atoms with Gasteiger partial charge in [0.2, 0.25) is 0 Å². The first-order valence-electron chi connectivity index (χ1n) is 12.2. The maximum atomic E-state index is 6.37. The van der Waals surface area contributed by atoms with Crippen molar-refractivity contribution >= 4 is 69.7 Å². The molecule has 7 aromatic rings. The van der Waals surface area contributed by atoms with Gasteiger partial charge in [-0.1, -0.05) is 120 Å². The number of benzene rings is 7. The Hall–Kier alpha value is -4.29. The predicted octanol–water partition coefficient (Wildman–Crippen LogP) is 7.22. The van der Waals surface area contributed by atoms with Crippen LogP contribution in [-0.4, -0.2) is 15.7 Å². The minimum absolute atomic E-state index is 0.754. The van der Waals surface area contributed by atoms with Crippen molar-refractivity contribution in [2.75, 3.05) is 0 Å². The van der Waals surface area contributed by atoms with Gasteiger partial charge in [-0.25, -0.2) is 0 Å². The fourth-order valence-electron chi connectivity index (χ4n) is 5.58. The van der Waals surface area contributed by atoms with Crippen LogP contribution in [0.3, 0.4) is 0 Å². The Bertz CT molecular complexity index is 1820. The van der Waals surface area contributed by atoms with Crippen molar-refractivity contribution in [3.8, 4) is 22.3 Å². The molecule has 0 atom stereocenters. The van der Waals surface area contributed by atoms with Crippen LogP contribution in [0.2, 0.25) is 0 Å². The van der Waals surface area contributed by atoms with Crippen molar-refractivity contribution in [1.82, 2.24) is 0 Å². The highest BCUT2D eigenvalue weighted by Gasteiger charge is 2.17. The van der Waals surface area contributed by atoms with E-state index < -0.39 is 0 Å². The van der Waals surface area contributed by atoms with Gasteiger partial charge in [0.15, 0.2) is 0 Å². The average Bonchev–Trinajstić information content (AvgIpc) is 2.91. The molecule has 0 aliphatic heterocycles. The lowest BCUT2D eigenvalue weighted by Crippen LogP contribution is -2.04. The first-order valence-corrected chi connectivity index (χ1v) is 12.2. The third-order valence-electron chi connectivity index (χ3n) is 7.24. The van der Waals surface area contributed by atoms with E-state index in [1.807, 2.05) is 12.1 Å². The molecular weight excluding hydrogens is 430 g/mol. The largest absolute Gasteiger partial charge is 0.113 e. The summed E-state index contributed by atoms with van der Waals surface area (Å²) in [6.45, 7) is 0. The molecule has 36 heavy (non-hydrogen) atoms. The van der Waals surface area contributed by atoms with Crippen molar-refractivity contribution in [3.05, 3.63) is 121 Å². The molecule has 0 aliphatic carbocycles. The topological polar surface area (TPSA) is 0 Å². The maximum absolute atomic E-state index is 6.37. The lowest BCUT2D eigenvalue weighted by molar-refractivity contribution is 1.69. The summed E-state index contributed by atoms with van der Waals surface area (Å²) in [5.41, 5.74) is 6.21. The number of fused-ring (bicyclic) bond motifs is 4. The molecule has 2 heteroatoms. The molecule has 0 fully saturated rings. The Morgan fingerprint density at radius 2 is 0.750 bits per heavy atom. The van der Waals surface area contributed by atoms with Crippen molar-refractivity contribution in [1.29, 1.82) is 0 Å². The van der Waals surface area contributed by atoms with Gasteiger partial charge in [-0.15, -0.1) is 0 Å². The molecule has 0 saturated heterocycles. The first kappa shape index (κ1) is 21.0. The van der Waals surface area contributed by atoms with Gasteiger partial charge in [0.1, 0.15) is 15.7 Å². The molecule has 7 rings (SSSR count). The lowest BCUT2D eigenvalue weighted by Gasteiger charge is -2.19. The van der Waals surface area contributed by atoms with E-state index in [4.69, 9.17) is 15.7 Å². The van der Waals surface area contributed by atoms with E-state index in [9.17, 15) is 0 Å². The molecule has 0 unspecified atom stereocenters. The van der Waals surface area contributed by atoms with Crippen molar-refractivity contribution in [3.63, 3.8) is 0 Å². The molecule has 4 radical (unpaired) electrons. The molecule has 0 aromatic heterocycles. The van der Waals surface area contributed by atoms with Gasteiger partial charge in [-0.05, 0) is 77.5 Å². The third-order valence-corrected chi connectivity index (χ3v) is 7.24. The summed E-state index contributed by atoms with van der Waals surface area (Å²) in [5.74, 6) is 0. The summed E-state index contributed by atoms with van der Waals surface area (Å²) >= 11 is 0. The molecule has 0 heterocycles. The van der Waals surface area contributed by atoms with Crippen LogP contribution in [-0.2, 0) is 0 Å². The van der Waals surface area contributed by atoms with Gasteiger partial charge in [0.25, 0.3) is 0 Å². The van der Waals surface area contributed by atoms with E-state index in [1.165, 1.54) is 54.6 Å². The summed E-state index contributed by atoms with van der Waals surface area (Å²) in [6.07, 6.45) is 0. The van der Waals surface area contributed by atoms with Crippen LogP contribution in [0.25, 0.3) is 65.3 Å². The van der Waals surface area contributed by atoms with E-state index in [1.54, 1.807) is 0 Å². The lowest BCUT2D eigenvalue weighted by atomic mass is 9.81. The minimum Gasteiger partial charge on any atom is -0.0960 e. The Morgan fingerprint density at radius 1 is 0.333 bits per heavy atom. The molecule has 0 amide bonds. The molecule has 0 bridgehead atoms. The van der Waals surface area contributed by atoms with Crippen LogP contribution >= 0.6 is 0 Å². The van der Waals surface area contributed by atoms with Gasteiger partial charge >= 0.3 is 0 Å². The Labute approximate surface area is 213 Å². The zero-order valence-electron chi connectivity index (χ0n) is 19.7. The fourth-order valence-corrected chi connectivity index (χ4v) is 5.58. The van der Waals surface area contributed by atoms with Crippen LogP contribution in [0.1, 0.15) is 0 Å². The third kappa shape index (κ3) is 3.33. The highest BCUT2D eigenvalue weighted by Crippen LogP contribution is 2.44. The van der Waals surface area contributed by atoms with Crippen LogP contribution in [0, 0.1) is 0 Å². The summed E-state index contributed by atoms with van der Waals surface area (Å²) in [6, 6.07) is 42.9. The quantitative estimate of drug-likeness (QED) is 0.193. The maximum Gasteiger partial charge on any atom is 0.113 e. The Morgan fingerprint density at radius 3 is 1.19 bits per heavy atom. The van der Waals surface area contributed by atoms with Crippen LogP contribution in [0.5, 0.6) is 0 Å². The van der Waals surface area contributed by atoms with E-state index in [0.717, 1.165) is 21.7 Å². The highest BCUT2D eigenvalue weighted by atomic mass is 14.2. The molecule has 0 nitrogen and oxygen atoms in total. The van der Waals surface area contributed by atoms with Crippen LogP contribution in [0.15, 0.2) is 121 Å². The van der Waals surface area contributed by atoms with E-state index >= 15 is 0 Å². The number of hydrogen-bond acceptors (Lipinski definition) is 0. The van der Waals surface area contributed by atoms with Crippen LogP contribution < -0.4 is 10.9 Å². The molecule has 0 spiro atoms. The second-order valence-corrected chi connectivity index (χ2v) is 9.48. The second-order valence-electron chi connectivity index (χ2n) is 9.48. The molecule has 0 saturated carbocycles. The molecule has 7 aromatic carbocycles. The zero-order valence-corrected chi connectivity index (χ0v) is 19.7. The van der Waals surface area contributed by atoms with Gasteiger partial charge in [-0.3, -0.25) is 0 Å². The minimum atomic E-state index is 0.754. The van der Waals surface area contributed by atoms with E-state index in [2.05, 4.69) is 109 Å². The van der Waals surface area contributed by atoms with Gasteiger partial charge in [0.05, 0.1) is 0 Å². The normalized spacial score (nSPS) is 11.6. The monoisotopic (exact) mass is 450 g/mol. The summed E-state index contributed by atoms with van der Waals surface area (Å²) in [4.78, 5) is 0. The highest BCUT2D eigenvalue weighted by molar-refractivity contribution is 6.36. The van der Waals surface area contributed by atoms with E-state index in [0.29, 0.717) is 0 Å². The van der Waals surface area contributed by atoms with Gasteiger partial charge < -0.3 is 0 Å². The zero-order chi connectivity index (χ0) is 24.2.